The quantitative estimate of drug-likeness (QED) is 0.808. The number of aromatic nitrogens is 3. The fourth-order valence-corrected chi connectivity index (χ4v) is 2.97. The van der Waals surface area contributed by atoms with Crippen LogP contribution in [-0.2, 0) is 0 Å². The van der Waals surface area contributed by atoms with Crippen LogP contribution < -0.4 is 0 Å². The number of hydrogen-bond donors (Lipinski definition) is 1. The van der Waals surface area contributed by atoms with Gasteiger partial charge in [-0.3, -0.25) is 4.90 Å². The molecule has 7 heteroatoms. The summed E-state index contributed by atoms with van der Waals surface area (Å²) in [4.78, 5) is 15.7. The van der Waals surface area contributed by atoms with Crippen LogP contribution in [0.3, 0.4) is 0 Å². The first kappa shape index (κ1) is 13.5. The predicted molar refractivity (Wildman–Crippen MR) is 72.7 cm³/mol. The molecule has 2 aliphatic heterocycles. The molecule has 0 unspecified atom stereocenters. The van der Waals surface area contributed by atoms with Crippen molar-refractivity contribution in [3.05, 3.63) is 11.9 Å². The molecule has 3 heterocycles. The van der Waals surface area contributed by atoms with Crippen molar-refractivity contribution in [1.82, 2.24) is 24.8 Å². The molecule has 0 aliphatic carbocycles. The van der Waals surface area contributed by atoms with Gasteiger partial charge in [-0.05, 0) is 45.4 Å². The van der Waals surface area contributed by atoms with E-state index < -0.39 is 5.97 Å². The van der Waals surface area contributed by atoms with E-state index in [9.17, 15) is 4.79 Å². The van der Waals surface area contributed by atoms with Gasteiger partial charge in [0.1, 0.15) is 0 Å². The SMILES string of the molecule is O=C(O)c1cn(C2CN(CCCN3CCCC3)C2)nn1. The van der Waals surface area contributed by atoms with Crippen LogP contribution in [0.2, 0.25) is 0 Å². The lowest BCUT2D eigenvalue weighted by Gasteiger charge is -2.39. The molecule has 2 saturated heterocycles. The number of carboxylic acids is 1. The number of rotatable bonds is 6. The molecule has 3 rings (SSSR count). The monoisotopic (exact) mass is 279 g/mol. The van der Waals surface area contributed by atoms with E-state index in [0.717, 1.165) is 19.6 Å². The van der Waals surface area contributed by atoms with Crippen LogP contribution >= 0.6 is 0 Å². The van der Waals surface area contributed by atoms with Crippen molar-refractivity contribution < 1.29 is 9.90 Å². The highest BCUT2D eigenvalue weighted by molar-refractivity contribution is 5.84. The molecule has 0 saturated carbocycles. The lowest BCUT2D eigenvalue weighted by Crippen LogP contribution is -2.48. The lowest BCUT2D eigenvalue weighted by molar-refractivity contribution is 0.0690. The number of nitrogens with zero attached hydrogens (tertiary/aromatic N) is 5. The molecule has 1 aromatic heterocycles. The summed E-state index contributed by atoms with van der Waals surface area (Å²) in [5, 5.41) is 16.3. The Kier molecular flexibility index (Phi) is 3.98. The van der Waals surface area contributed by atoms with E-state index in [2.05, 4.69) is 20.1 Å². The summed E-state index contributed by atoms with van der Waals surface area (Å²) in [5.74, 6) is -1.02. The van der Waals surface area contributed by atoms with Crippen molar-refractivity contribution in [2.45, 2.75) is 25.3 Å². The third-order valence-corrected chi connectivity index (χ3v) is 4.19. The van der Waals surface area contributed by atoms with Gasteiger partial charge in [-0.25, -0.2) is 9.48 Å². The zero-order chi connectivity index (χ0) is 13.9. The molecule has 0 atom stereocenters. The van der Waals surface area contributed by atoms with Gasteiger partial charge in [-0.2, -0.15) is 0 Å². The van der Waals surface area contributed by atoms with E-state index in [0.29, 0.717) is 0 Å². The van der Waals surface area contributed by atoms with Gasteiger partial charge < -0.3 is 10.0 Å². The van der Waals surface area contributed by atoms with E-state index >= 15 is 0 Å². The van der Waals surface area contributed by atoms with Crippen LogP contribution in [0.15, 0.2) is 6.20 Å². The second-order valence-corrected chi connectivity index (χ2v) is 5.70. The molecule has 7 nitrogen and oxygen atoms in total. The summed E-state index contributed by atoms with van der Waals surface area (Å²) in [6.45, 7) is 6.74. The summed E-state index contributed by atoms with van der Waals surface area (Å²) < 4.78 is 1.68. The van der Waals surface area contributed by atoms with Crippen LogP contribution in [0, 0.1) is 0 Å². The van der Waals surface area contributed by atoms with Crippen molar-refractivity contribution in [2.24, 2.45) is 0 Å². The van der Waals surface area contributed by atoms with Crippen LogP contribution in [-0.4, -0.2) is 75.1 Å². The molecule has 0 aromatic carbocycles. The average molecular weight is 279 g/mol. The molecule has 1 aromatic rings. The molecule has 0 radical (unpaired) electrons. The highest BCUT2D eigenvalue weighted by Crippen LogP contribution is 2.20. The van der Waals surface area contributed by atoms with E-state index in [1.54, 1.807) is 4.68 Å². The molecular weight excluding hydrogens is 258 g/mol. The second kappa shape index (κ2) is 5.88. The number of hydrogen-bond acceptors (Lipinski definition) is 5. The van der Waals surface area contributed by atoms with Gasteiger partial charge in [-0.1, -0.05) is 5.21 Å². The largest absolute Gasteiger partial charge is 0.476 e. The van der Waals surface area contributed by atoms with Gasteiger partial charge in [-0.15, -0.1) is 5.10 Å². The first-order valence-electron chi connectivity index (χ1n) is 7.32. The maximum absolute atomic E-state index is 10.7. The summed E-state index contributed by atoms with van der Waals surface area (Å²) in [5.41, 5.74) is 0.0254. The molecular formula is C13H21N5O2. The van der Waals surface area contributed by atoms with Crippen molar-refractivity contribution in [3.8, 4) is 0 Å². The zero-order valence-corrected chi connectivity index (χ0v) is 11.6. The topological polar surface area (TPSA) is 74.5 Å². The Morgan fingerprint density at radius 1 is 1.25 bits per heavy atom. The van der Waals surface area contributed by atoms with E-state index in [4.69, 9.17) is 5.11 Å². The van der Waals surface area contributed by atoms with Gasteiger partial charge in [0.25, 0.3) is 0 Å². The first-order chi connectivity index (χ1) is 9.72. The third kappa shape index (κ3) is 2.99. The van der Waals surface area contributed by atoms with Crippen LogP contribution in [0.25, 0.3) is 0 Å². The fraction of sp³-hybridized carbons (Fsp3) is 0.769. The Morgan fingerprint density at radius 3 is 2.60 bits per heavy atom. The summed E-state index contributed by atoms with van der Waals surface area (Å²) in [6, 6.07) is 0.280. The van der Waals surface area contributed by atoms with Crippen LogP contribution in [0.5, 0.6) is 0 Å². The van der Waals surface area contributed by atoms with Crippen molar-refractivity contribution >= 4 is 5.97 Å². The molecule has 0 amide bonds. The Bertz CT molecular complexity index is 463. The number of carbonyl (C=O) groups is 1. The molecule has 2 aliphatic rings. The molecule has 110 valence electrons. The number of likely N-dealkylation sites (tertiary alicyclic amines) is 2. The smallest absolute Gasteiger partial charge is 0.358 e. The van der Waals surface area contributed by atoms with Gasteiger partial charge in [0, 0.05) is 13.1 Å². The Morgan fingerprint density at radius 2 is 1.95 bits per heavy atom. The van der Waals surface area contributed by atoms with E-state index in [1.807, 2.05) is 0 Å². The predicted octanol–water partition coefficient (Wildman–Crippen LogP) is 0.319. The Hall–Kier alpha value is -1.47. The van der Waals surface area contributed by atoms with E-state index in [1.165, 1.54) is 45.1 Å². The lowest BCUT2D eigenvalue weighted by atomic mass is 10.1. The maximum atomic E-state index is 10.7. The molecule has 2 fully saturated rings. The summed E-state index contributed by atoms with van der Waals surface area (Å²) in [7, 11) is 0. The normalized spacial score (nSPS) is 21.2. The Labute approximate surface area is 118 Å². The van der Waals surface area contributed by atoms with Crippen LogP contribution in [0.4, 0.5) is 0 Å². The minimum absolute atomic E-state index is 0.0254. The van der Waals surface area contributed by atoms with Gasteiger partial charge in [0.2, 0.25) is 0 Å². The summed E-state index contributed by atoms with van der Waals surface area (Å²) >= 11 is 0. The zero-order valence-electron chi connectivity index (χ0n) is 11.6. The highest BCUT2D eigenvalue weighted by atomic mass is 16.4. The third-order valence-electron chi connectivity index (χ3n) is 4.19. The van der Waals surface area contributed by atoms with Crippen molar-refractivity contribution in [2.75, 3.05) is 39.3 Å². The van der Waals surface area contributed by atoms with Gasteiger partial charge in [0.05, 0.1) is 12.2 Å². The van der Waals surface area contributed by atoms with Crippen molar-refractivity contribution in [3.63, 3.8) is 0 Å². The molecule has 0 bridgehead atoms. The number of aromatic carboxylic acids is 1. The minimum atomic E-state index is -1.02. The molecule has 1 N–H and O–H groups in total. The minimum Gasteiger partial charge on any atom is -0.476 e. The average Bonchev–Trinajstić information content (AvgIpc) is 3.03. The molecule has 20 heavy (non-hydrogen) atoms. The van der Waals surface area contributed by atoms with Crippen molar-refractivity contribution in [1.29, 1.82) is 0 Å². The fourth-order valence-electron chi connectivity index (χ4n) is 2.97. The molecule has 0 spiro atoms. The first-order valence-corrected chi connectivity index (χ1v) is 7.32. The second-order valence-electron chi connectivity index (χ2n) is 5.70. The van der Waals surface area contributed by atoms with E-state index in [-0.39, 0.29) is 11.7 Å². The van der Waals surface area contributed by atoms with Crippen LogP contribution in [0.1, 0.15) is 35.8 Å². The highest BCUT2D eigenvalue weighted by Gasteiger charge is 2.29. The van der Waals surface area contributed by atoms with Gasteiger partial charge >= 0.3 is 5.97 Å². The summed E-state index contributed by atoms with van der Waals surface area (Å²) in [6.07, 6.45) is 5.44. The standard InChI is InChI=1S/C13H21N5O2/c19-13(20)12-10-18(15-14-12)11-8-17(9-11)7-3-6-16-4-1-2-5-16/h10-11H,1-9H2,(H,19,20). The number of carboxylic acid groups (broad SMARTS) is 1. The maximum Gasteiger partial charge on any atom is 0.358 e. The Balaban J connectivity index is 1.36. The van der Waals surface area contributed by atoms with Gasteiger partial charge in [0.15, 0.2) is 5.69 Å².